The maximum absolute atomic E-state index is 13.6. The molecule has 0 unspecified atom stereocenters. The summed E-state index contributed by atoms with van der Waals surface area (Å²) in [6, 6.07) is 0. The third-order valence-corrected chi connectivity index (χ3v) is 4.19. The van der Waals surface area contributed by atoms with Crippen LogP contribution >= 0.6 is 0 Å². The Morgan fingerprint density at radius 3 is 1.50 bits per heavy atom. The molecule has 1 aromatic carbocycles. The molecule has 0 heterocycles. The Kier molecular flexibility index (Phi) is 9.80. The quantitative estimate of drug-likeness (QED) is 0.228. The first-order valence-electron chi connectivity index (χ1n) is 8.96. The number of rotatable bonds is 12. The summed E-state index contributed by atoms with van der Waals surface area (Å²) >= 11 is 0. The van der Waals surface area contributed by atoms with Gasteiger partial charge in [-0.15, -0.1) is 0 Å². The maximum atomic E-state index is 13.6. The van der Waals surface area contributed by atoms with E-state index in [-0.39, 0.29) is 6.61 Å². The average molecular weight is 348 g/mol. The Balaban J connectivity index is 2.20. The summed E-state index contributed by atoms with van der Waals surface area (Å²) in [7, 11) is 0. The fourth-order valence-electron chi connectivity index (χ4n) is 2.61. The lowest BCUT2D eigenvalue weighted by molar-refractivity contribution is 0.262. The molecular weight excluding hydrogens is 320 g/mol. The van der Waals surface area contributed by atoms with E-state index in [2.05, 4.69) is 6.92 Å². The summed E-state index contributed by atoms with van der Waals surface area (Å²) < 4.78 is 58.9. The smallest absolute Gasteiger partial charge is 0.204 e. The molecule has 0 aliphatic heterocycles. The van der Waals surface area contributed by atoms with E-state index in [1.165, 1.54) is 38.5 Å². The summed E-state index contributed by atoms with van der Waals surface area (Å²) in [5.74, 6) is -6.66. The Labute approximate surface area is 142 Å². The molecule has 0 spiro atoms. The highest BCUT2D eigenvalue weighted by Crippen LogP contribution is 2.29. The molecule has 24 heavy (non-hydrogen) atoms. The van der Waals surface area contributed by atoms with Gasteiger partial charge in [-0.25, -0.2) is 8.78 Å². The number of halogens is 4. The number of hydrogen-bond donors (Lipinski definition) is 0. The molecule has 0 saturated carbocycles. The standard InChI is InChI=1S/C19H28F4O/c1-3-4-5-6-7-8-9-10-11-12-13-24-19-17(22)15(20)14(2)16(21)18(19)23/h3-13H2,1-2H3. The largest absolute Gasteiger partial charge is 0.487 e. The molecule has 0 radical (unpaired) electrons. The molecule has 1 rings (SSSR count). The molecule has 138 valence electrons. The van der Waals surface area contributed by atoms with E-state index in [9.17, 15) is 17.6 Å². The number of ether oxygens (including phenoxy) is 1. The van der Waals surface area contributed by atoms with Crippen molar-refractivity contribution >= 4 is 0 Å². The average Bonchev–Trinajstić information content (AvgIpc) is 2.58. The van der Waals surface area contributed by atoms with Crippen molar-refractivity contribution in [2.24, 2.45) is 0 Å². The van der Waals surface area contributed by atoms with E-state index in [1.54, 1.807) is 0 Å². The molecule has 0 saturated heterocycles. The second kappa shape index (κ2) is 11.3. The van der Waals surface area contributed by atoms with Gasteiger partial charge in [-0.3, -0.25) is 0 Å². The van der Waals surface area contributed by atoms with Crippen LogP contribution in [-0.4, -0.2) is 6.61 Å². The van der Waals surface area contributed by atoms with Crippen molar-refractivity contribution in [3.8, 4) is 5.75 Å². The van der Waals surface area contributed by atoms with Crippen molar-refractivity contribution in [3.05, 3.63) is 28.8 Å². The fourth-order valence-corrected chi connectivity index (χ4v) is 2.61. The molecule has 0 N–H and O–H groups in total. The minimum atomic E-state index is -1.46. The molecule has 1 nitrogen and oxygen atoms in total. The van der Waals surface area contributed by atoms with Gasteiger partial charge in [0.2, 0.25) is 11.6 Å². The van der Waals surface area contributed by atoms with Crippen LogP contribution in [0.1, 0.15) is 76.7 Å². The zero-order valence-electron chi connectivity index (χ0n) is 14.7. The van der Waals surface area contributed by atoms with Crippen molar-refractivity contribution in [2.45, 2.75) is 78.1 Å². The van der Waals surface area contributed by atoms with E-state index in [4.69, 9.17) is 4.74 Å². The van der Waals surface area contributed by atoms with E-state index < -0.39 is 34.6 Å². The van der Waals surface area contributed by atoms with Crippen LogP contribution in [0.25, 0.3) is 0 Å². The van der Waals surface area contributed by atoms with Gasteiger partial charge in [0.05, 0.1) is 6.61 Å². The summed E-state index contributed by atoms with van der Waals surface area (Å²) in [6.07, 6.45) is 11.2. The Hall–Kier alpha value is -1.26. The van der Waals surface area contributed by atoms with Crippen LogP contribution in [0, 0.1) is 30.2 Å². The molecule has 0 aromatic heterocycles. The first-order valence-corrected chi connectivity index (χ1v) is 8.96. The molecule has 0 fully saturated rings. The molecular formula is C19H28F4O. The molecule has 0 aliphatic rings. The van der Waals surface area contributed by atoms with Crippen LogP contribution in [0.5, 0.6) is 5.75 Å². The second-order valence-corrected chi connectivity index (χ2v) is 6.24. The fraction of sp³-hybridized carbons (Fsp3) is 0.684. The number of hydrogen-bond acceptors (Lipinski definition) is 1. The van der Waals surface area contributed by atoms with Gasteiger partial charge >= 0.3 is 0 Å². The number of benzene rings is 1. The lowest BCUT2D eigenvalue weighted by Gasteiger charge is -2.11. The van der Waals surface area contributed by atoms with Crippen LogP contribution in [-0.2, 0) is 0 Å². The third kappa shape index (κ3) is 6.33. The lowest BCUT2D eigenvalue weighted by Crippen LogP contribution is -2.07. The monoisotopic (exact) mass is 348 g/mol. The lowest BCUT2D eigenvalue weighted by atomic mass is 10.1. The van der Waals surface area contributed by atoms with E-state index in [0.717, 1.165) is 26.2 Å². The van der Waals surface area contributed by atoms with Gasteiger partial charge in [-0.05, 0) is 13.3 Å². The highest BCUT2D eigenvalue weighted by atomic mass is 19.2. The van der Waals surface area contributed by atoms with Gasteiger partial charge in [-0.2, -0.15) is 8.78 Å². The molecule has 0 atom stereocenters. The van der Waals surface area contributed by atoms with Crippen LogP contribution in [0.15, 0.2) is 0 Å². The maximum Gasteiger partial charge on any atom is 0.204 e. The van der Waals surface area contributed by atoms with Crippen molar-refractivity contribution in [1.29, 1.82) is 0 Å². The first kappa shape index (κ1) is 20.8. The highest BCUT2D eigenvalue weighted by molar-refractivity contribution is 5.33. The summed E-state index contributed by atoms with van der Waals surface area (Å²) in [4.78, 5) is 0. The van der Waals surface area contributed by atoms with Crippen LogP contribution < -0.4 is 4.74 Å². The van der Waals surface area contributed by atoms with Crippen LogP contribution in [0.2, 0.25) is 0 Å². The van der Waals surface area contributed by atoms with Gasteiger partial charge in [-0.1, -0.05) is 64.7 Å². The zero-order chi connectivity index (χ0) is 17.9. The molecule has 5 heteroatoms. The third-order valence-electron chi connectivity index (χ3n) is 4.19. The van der Waals surface area contributed by atoms with Crippen LogP contribution in [0.4, 0.5) is 17.6 Å². The SMILES string of the molecule is CCCCCCCCCCCCOc1c(F)c(F)c(C)c(F)c1F. The number of unbranched alkanes of at least 4 members (excludes halogenated alkanes) is 9. The molecule has 0 amide bonds. The van der Waals surface area contributed by atoms with Crippen LogP contribution in [0.3, 0.4) is 0 Å². The van der Waals surface area contributed by atoms with Gasteiger partial charge in [0.1, 0.15) is 0 Å². The predicted molar refractivity (Wildman–Crippen MR) is 88.4 cm³/mol. The summed E-state index contributed by atoms with van der Waals surface area (Å²) in [5.41, 5.74) is -0.670. The minimum absolute atomic E-state index is 0.0479. The second-order valence-electron chi connectivity index (χ2n) is 6.24. The van der Waals surface area contributed by atoms with Gasteiger partial charge in [0.25, 0.3) is 0 Å². The van der Waals surface area contributed by atoms with Crippen molar-refractivity contribution in [2.75, 3.05) is 6.61 Å². The summed E-state index contributed by atoms with van der Waals surface area (Å²) in [5, 5.41) is 0. The van der Waals surface area contributed by atoms with E-state index >= 15 is 0 Å². The first-order chi connectivity index (χ1) is 11.5. The van der Waals surface area contributed by atoms with E-state index in [0.29, 0.717) is 6.42 Å². The topological polar surface area (TPSA) is 9.23 Å². The van der Waals surface area contributed by atoms with Crippen molar-refractivity contribution in [3.63, 3.8) is 0 Å². The predicted octanol–water partition coefficient (Wildman–Crippen LogP) is 6.85. The molecule has 1 aromatic rings. The van der Waals surface area contributed by atoms with Crippen molar-refractivity contribution < 1.29 is 22.3 Å². The Bertz CT molecular complexity index is 474. The summed E-state index contributed by atoms with van der Waals surface area (Å²) in [6.45, 7) is 3.23. The minimum Gasteiger partial charge on any atom is -0.487 e. The van der Waals surface area contributed by atoms with Gasteiger partial charge in [0, 0.05) is 5.56 Å². The zero-order valence-corrected chi connectivity index (χ0v) is 14.7. The van der Waals surface area contributed by atoms with Crippen molar-refractivity contribution in [1.82, 2.24) is 0 Å². The van der Waals surface area contributed by atoms with Gasteiger partial charge < -0.3 is 4.74 Å². The molecule has 0 bridgehead atoms. The molecule has 0 aliphatic carbocycles. The van der Waals surface area contributed by atoms with E-state index in [1.807, 2.05) is 0 Å². The van der Waals surface area contributed by atoms with Gasteiger partial charge in [0.15, 0.2) is 17.4 Å². The highest BCUT2D eigenvalue weighted by Gasteiger charge is 2.24. The normalized spacial score (nSPS) is 11.1. The Morgan fingerprint density at radius 2 is 1.04 bits per heavy atom. The Morgan fingerprint density at radius 1 is 0.625 bits per heavy atom.